The van der Waals surface area contributed by atoms with E-state index in [1.54, 1.807) is 43.3 Å². The molecule has 7 heteroatoms. The van der Waals surface area contributed by atoms with Gasteiger partial charge in [0, 0.05) is 10.7 Å². The highest BCUT2D eigenvalue weighted by Crippen LogP contribution is 2.32. The van der Waals surface area contributed by atoms with Gasteiger partial charge in [0.1, 0.15) is 11.8 Å². The van der Waals surface area contributed by atoms with Crippen LogP contribution in [0.25, 0.3) is 0 Å². The third-order valence-electron chi connectivity index (χ3n) is 4.12. The highest BCUT2D eigenvalue weighted by Gasteiger charge is 2.40. The van der Waals surface area contributed by atoms with Gasteiger partial charge in [0.25, 0.3) is 5.91 Å². The average molecular weight is 379 g/mol. The summed E-state index contributed by atoms with van der Waals surface area (Å²) in [6.45, 7) is 1.78. The van der Waals surface area contributed by atoms with Gasteiger partial charge in [-0.3, -0.25) is 9.59 Å². The summed E-state index contributed by atoms with van der Waals surface area (Å²) < 4.78 is 5.11. The van der Waals surface area contributed by atoms with Crippen LogP contribution in [-0.2, 0) is 9.59 Å². The minimum Gasteiger partial charge on any atom is -0.495 e. The van der Waals surface area contributed by atoms with Crippen LogP contribution < -0.4 is 15.0 Å². The normalized spacial score (nSPS) is 17.1. The van der Waals surface area contributed by atoms with E-state index in [0.717, 1.165) is 0 Å². The van der Waals surface area contributed by atoms with E-state index in [0.29, 0.717) is 32.7 Å². The number of methoxy groups -OCH3 is 1. The summed E-state index contributed by atoms with van der Waals surface area (Å²) in [5, 5.41) is 4.00. The minimum atomic E-state index is -0.657. The quantitative estimate of drug-likeness (QED) is 0.815. The summed E-state index contributed by atoms with van der Waals surface area (Å²) >= 11 is 12.2. The van der Waals surface area contributed by atoms with Crippen LogP contribution >= 0.6 is 23.2 Å². The molecule has 2 aromatic rings. The van der Waals surface area contributed by atoms with Gasteiger partial charge in [0.05, 0.1) is 24.2 Å². The average Bonchev–Trinajstić information content (AvgIpc) is 2.84. The van der Waals surface area contributed by atoms with E-state index in [-0.39, 0.29) is 18.2 Å². The molecule has 0 radical (unpaired) electrons. The number of imide groups is 1. The Morgan fingerprint density at radius 2 is 1.92 bits per heavy atom. The smallest absolute Gasteiger partial charge is 0.256 e. The van der Waals surface area contributed by atoms with E-state index in [4.69, 9.17) is 27.9 Å². The lowest BCUT2D eigenvalue weighted by Crippen LogP contribution is -2.35. The van der Waals surface area contributed by atoms with Crippen molar-refractivity contribution in [3.05, 3.63) is 52.0 Å². The number of amides is 2. The summed E-state index contributed by atoms with van der Waals surface area (Å²) in [5.74, 6) is -0.0491. The van der Waals surface area contributed by atoms with Crippen LogP contribution in [0.4, 0.5) is 11.4 Å². The number of anilines is 2. The molecule has 5 nitrogen and oxygen atoms in total. The molecule has 0 aliphatic carbocycles. The number of carbonyl (C=O) groups is 2. The SMILES string of the molecule is COc1ccc(N[C@@H]2CC(=O)N(c3cccc(Cl)c3C)C2=O)cc1Cl. The monoisotopic (exact) mass is 378 g/mol. The lowest BCUT2D eigenvalue weighted by Gasteiger charge is -2.19. The third-order valence-corrected chi connectivity index (χ3v) is 4.82. The van der Waals surface area contributed by atoms with Crippen molar-refractivity contribution in [3.8, 4) is 5.75 Å². The van der Waals surface area contributed by atoms with Gasteiger partial charge >= 0.3 is 0 Å². The Hall–Kier alpha value is -2.24. The molecule has 0 bridgehead atoms. The van der Waals surface area contributed by atoms with Crippen molar-refractivity contribution in [2.75, 3.05) is 17.3 Å². The molecule has 1 heterocycles. The molecule has 1 saturated heterocycles. The predicted octanol–water partition coefficient (Wildman–Crippen LogP) is 4.05. The van der Waals surface area contributed by atoms with Crippen molar-refractivity contribution in [2.24, 2.45) is 0 Å². The highest BCUT2D eigenvalue weighted by atomic mass is 35.5. The molecule has 3 rings (SSSR count). The molecule has 1 aliphatic heterocycles. The first kappa shape index (κ1) is 17.6. The Morgan fingerprint density at radius 3 is 2.60 bits per heavy atom. The lowest BCUT2D eigenvalue weighted by atomic mass is 10.2. The van der Waals surface area contributed by atoms with E-state index in [2.05, 4.69) is 5.32 Å². The largest absolute Gasteiger partial charge is 0.495 e. The van der Waals surface area contributed by atoms with Crippen LogP contribution in [0, 0.1) is 6.92 Å². The first-order valence-corrected chi connectivity index (χ1v) is 8.40. The molecule has 1 fully saturated rings. The summed E-state index contributed by atoms with van der Waals surface area (Å²) in [6.07, 6.45) is 0.0639. The van der Waals surface area contributed by atoms with Crippen LogP contribution in [0.3, 0.4) is 0 Å². The van der Waals surface area contributed by atoms with Crippen molar-refractivity contribution in [3.63, 3.8) is 0 Å². The van der Waals surface area contributed by atoms with Crippen LogP contribution in [-0.4, -0.2) is 25.0 Å². The number of rotatable bonds is 4. The van der Waals surface area contributed by atoms with Crippen molar-refractivity contribution >= 4 is 46.4 Å². The fourth-order valence-corrected chi connectivity index (χ4v) is 3.22. The van der Waals surface area contributed by atoms with Gasteiger partial charge < -0.3 is 10.1 Å². The number of ether oxygens (including phenoxy) is 1. The molecule has 1 aliphatic rings. The third kappa shape index (κ3) is 3.30. The van der Waals surface area contributed by atoms with Crippen LogP contribution in [0.5, 0.6) is 5.75 Å². The van der Waals surface area contributed by atoms with Crippen molar-refractivity contribution in [1.29, 1.82) is 0 Å². The molecule has 2 aromatic carbocycles. The maximum absolute atomic E-state index is 12.7. The molecule has 2 amide bonds. The van der Waals surface area contributed by atoms with Gasteiger partial charge in [-0.05, 0) is 42.8 Å². The molecule has 0 unspecified atom stereocenters. The molecule has 25 heavy (non-hydrogen) atoms. The van der Waals surface area contributed by atoms with Gasteiger partial charge in [-0.25, -0.2) is 4.90 Å². The van der Waals surface area contributed by atoms with Crippen molar-refractivity contribution in [1.82, 2.24) is 0 Å². The van der Waals surface area contributed by atoms with E-state index >= 15 is 0 Å². The van der Waals surface area contributed by atoms with Gasteiger partial charge in [0.2, 0.25) is 5.91 Å². The summed E-state index contributed by atoms with van der Waals surface area (Å²) in [6, 6.07) is 9.60. The van der Waals surface area contributed by atoms with Crippen molar-refractivity contribution in [2.45, 2.75) is 19.4 Å². The number of hydrogen-bond acceptors (Lipinski definition) is 4. The fourth-order valence-electron chi connectivity index (χ4n) is 2.79. The summed E-state index contributed by atoms with van der Waals surface area (Å²) in [7, 11) is 1.53. The number of halogens is 2. The Balaban J connectivity index is 1.84. The Morgan fingerprint density at radius 1 is 1.16 bits per heavy atom. The molecule has 130 valence electrons. The molecule has 1 atom stereocenters. The first-order chi connectivity index (χ1) is 11.9. The van der Waals surface area contributed by atoms with Gasteiger partial charge in [-0.2, -0.15) is 0 Å². The maximum Gasteiger partial charge on any atom is 0.256 e. The molecule has 0 spiro atoms. The second-order valence-electron chi connectivity index (χ2n) is 5.70. The van der Waals surface area contributed by atoms with Crippen LogP contribution in [0.2, 0.25) is 10.0 Å². The molecule has 1 N–H and O–H groups in total. The Bertz CT molecular complexity index is 854. The zero-order chi connectivity index (χ0) is 18.1. The predicted molar refractivity (Wildman–Crippen MR) is 98.7 cm³/mol. The lowest BCUT2D eigenvalue weighted by molar-refractivity contribution is -0.121. The van der Waals surface area contributed by atoms with E-state index < -0.39 is 6.04 Å². The fraction of sp³-hybridized carbons (Fsp3) is 0.222. The van der Waals surface area contributed by atoms with Gasteiger partial charge in [0.15, 0.2) is 0 Å². The highest BCUT2D eigenvalue weighted by molar-refractivity contribution is 6.33. The van der Waals surface area contributed by atoms with Crippen LogP contribution in [0.1, 0.15) is 12.0 Å². The number of hydrogen-bond donors (Lipinski definition) is 1. The van der Waals surface area contributed by atoms with Gasteiger partial charge in [-0.1, -0.05) is 29.3 Å². The summed E-state index contributed by atoms with van der Waals surface area (Å²) in [4.78, 5) is 26.3. The minimum absolute atomic E-state index is 0.0639. The van der Waals surface area contributed by atoms with Crippen LogP contribution in [0.15, 0.2) is 36.4 Å². The number of nitrogens with zero attached hydrogens (tertiary/aromatic N) is 1. The second-order valence-corrected chi connectivity index (χ2v) is 6.52. The standard InChI is InChI=1S/C18H16Cl2N2O3/c1-10-12(19)4-3-5-15(10)22-17(23)9-14(18(22)24)21-11-6-7-16(25-2)13(20)8-11/h3-8,14,21H,9H2,1-2H3/t14-/m1/s1. The first-order valence-electron chi connectivity index (χ1n) is 7.64. The summed E-state index contributed by atoms with van der Waals surface area (Å²) in [5.41, 5.74) is 1.85. The van der Waals surface area contributed by atoms with E-state index in [9.17, 15) is 9.59 Å². The molecular formula is C18H16Cl2N2O3. The zero-order valence-corrected chi connectivity index (χ0v) is 15.2. The number of carbonyl (C=O) groups excluding carboxylic acids is 2. The maximum atomic E-state index is 12.7. The Labute approximate surface area is 155 Å². The van der Waals surface area contributed by atoms with Crippen molar-refractivity contribution < 1.29 is 14.3 Å². The molecule has 0 saturated carbocycles. The van der Waals surface area contributed by atoms with Gasteiger partial charge in [-0.15, -0.1) is 0 Å². The topological polar surface area (TPSA) is 58.6 Å². The van der Waals surface area contributed by atoms with E-state index in [1.165, 1.54) is 12.0 Å². The van der Waals surface area contributed by atoms with E-state index in [1.807, 2.05) is 0 Å². The molecular weight excluding hydrogens is 363 g/mol. The number of nitrogens with one attached hydrogen (secondary N) is 1. The zero-order valence-electron chi connectivity index (χ0n) is 13.7. The number of benzene rings is 2. The molecule has 0 aromatic heterocycles. The Kier molecular flexibility index (Phi) is 4.88. The second kappa shape index (κ2) is 6.94.